The molecule has 4 heteroatoms. The van der Waals surface area contributed by atoms with Crippen LogP contribution < -0.4 is 5.32 Å². The molecule has 0 aliphatic carbocycles. The minimum atomic E-state index is -0.365. The average molecular weight is 270 g/mol. The lowest BCUT2D eigenvalue weighted by Crippen LogP contribution is -2.04. The van der Waals surface area contributed by atoms with Gasteiger partial charge in [0, 0.05) is 12.6 Å². The fraction of sp³-hybridized carbons (Fsp3) is 0.250. The molecule has 0 spiro atoms. The molecule has 0 saturated carbocycles. The van der Waals surface area contributed by atoms with E-state index in [1.54, 1.807) is 18.2 Å². The highest BCUT2D eigenvalue weighted by molar-refractivity contribution is 5.61. The predicted molar refractivity (Wildman–Crippen MR) is 81.1 cm³/mol. The van der Waals surface area contributed by atoms with Gasteiger partial charge in [-0.25, -0.2) is 0 Å². The number of rotatable bonds is 4. The molecule has 0 amide bonds. The molecule has 1 N–H and O–H groups in total. The van der Waals surface area contributed by atoms with Crippen LogP contribution in [0.2, 0.25) is 0 Å². The molecule has 104 valence electrons. The molecule has 20 heavy (non-hydrogen) atoms. The van der Waals surface area contributed by atoms with E-state index in [-0.39, 0.29) is 10.6 Å². The second kappa shape index (κ2) is 5.74. The lowest BCUT2D eigenvalue weighted by Gasteiger charge is -2.12. The first-order chi connectivity index (χ1) is 9.49. The number of aryl methyl sites for hydroxylation is 3. The van der Waals surface area contributed by atoms with Crippen LogP contribution in [0.1, 0.15) is 22.3 Å². The molecule has 2 aromatic rings. The highest BCUT2D eigenvalue weighted by Crippen LogP contribution is 2.24. The van der Waals surface area contributed by atoms with Crippen molar-refractivity contribution in [3.8, 4) is 0 Å². The Morgan fingerprint density at radius 3 is 2.40 bits per heavy atom. The van der Waals surface area contributed by atoms with Crippen LogP contribution in [-0.4, -0.2) is 4.92 Å². The third-order valence-electron chi connectivity index (χ3n) is 3.52. The van der Waals surface area contributed by atoms with Crippen LogP contribution in [0.4, 0.5) is 11.4 Å². The summed E-state index contributed by atoms with van der Waals surface area (Å²) < 4.78 is 0. The zero-order valence-electron chi connectivity index (χ0n) is 11.9. The third-order valence-corrected chi connectivity index (χ3v) is 3.52. The van der Waals surface area contributed by atoms with Gasteiger partial charge in [0.25, 0.3) is 5.69 Å². The monoisotopic (exact) mass is 270 g/mol. The summed E-state index contributed by atoms with van der Waals surface area (Å²) in [5.74, 6) is 0. The number of nitrogens with one attached hydrogen (secondary N) is 1. The molecular weight excluding hydrogens is 252 g/mol. The lowest BCUT2D eigenvalue weighted by atomic mass is 10.0. The Labute approximate surface area is 118 Å². The summed E-state index contributed by atoms with van der Waals surface area (Å²) >= 11 is 0. The molecule has 0 unspecified atom stereocenters. The Morgan fingerprint density at radius 2 is 1.70 bits per heavy atom. The van der Waals surface area contributed by atoms with Crippen LogP contribution in [0.25, 0.3) is 0 Å². The quantitative estimate of drug-likeness (QED) is 0.671. The van der Waals surface area contributed by atoms with E-state index in [9.17, 15) is 10.1 Å². The van der Waals surface area contributed by atoms with E-state index in [0.29, 0.717) is 12.2 Å². The van der Waals surface area contributed by atoms with Crippen LogP contribution in [0.15, 0.2) is 36.4 Å². The molecule has 2 aromatic carbocycles. The summed E-state index contributed by atoms with van der Waals surface area (Å²) in [7, 11) is 0. The van der Waals surface area contributed by atoms with Crippen LogP contribution >= 0.6 is 0 Å². The molecule has 0 fully saturated rings. The smallest absolute Gasteiger partial charge is 0.292 e. The van der Waals surface area contributed by atoms with Gasteiger partial charge in [-0.3, -0.25) is 10.1 Å². The number of nitro benzene ring substituents is 1. The minimum Gasteiger partial charge on any atom is -0.375 e. The molecular formula is C16H18N2O2. The number of nitro groups is 1. The summed E-state index contributed by atoms with van der Waals surface area (Å²) in [6.07, 6.45) is 0. The second-order valence-electron chi connectivity index (χ2n) is 4.99. The Kier molecular flexibility index (Phi) is 4.03. The molecule has 0 radical (unpaired) electrons. The number of para-hydroxylation sites is 2. The fourth-order valence-electron chi connectivity index (χ4n) is 2.18. The van der Waals surface area contributed by atoms with Crippen LogP contribution in [0, 0.1) is 30.9 Å². The zero-order chi connectivity index (χ0) is 14.7. The summed E-state index contributed by atoms with van der Waals surface area (Å²) in [6, 6.07) is 11.0. The molecule has 0 heterocycles. The van der Waals surface area contributed by atoms with E-state index in [1.807, 2.05) is 0 Å². The van der Waals surface area contributed by atoms with Crippen LogP contribution in [-0.2, 0) is 6.54 Å². The average Bonchev–Trinajstić information content (AvgIpc) is 2.41. The van der Waals surface area contributed by atoms with Gasteiger partial charge in [-0.2, -0.15) is 0 Å². The normalized spacial score (nSPS) is 10.3. The van der Waals surface area contributed by atoms with Gasteiger partial charge >= 0.3 is 0 Å². The third kappa shape index (κ3) is 2.96. The van der Waals surface area contributed by atoms with Gasteiger partial charge in [-0.15, -0.1) is 0 Å². The molecule has 0 aliphatic heterocycles. The minimum absolute atomic E-state index is 0.106. The Bertz CT molecular complexity index is 651. The lowest BCUT2D eigenvalue weighted by molar-refractivity contribution is -0.384. The highest BCUT2D eigenvalue weighted by atomic mass is 16.6. The number of hydrogen-bond acceptors (Lipinski definition) is 3. The van der Waals surface area contributed by atoms with Crippen molar-refractivity contribution in [2.45, 2.75) is 27.3 Å². The predicted octanol–water partition coefficient (Wildman–Crippen LogP) is 4.13. The van der Waals surface area contributed by atoms with E-state index in [1.165, 1.54) is 22.8 Å². The Morgan fingerprint density at radius 1 is 1.05 bits per heavy atom. The van der Waals surface area contributed by atoms with Gasteiger partial charge in [-0.05, 0) is 49.1 Å². The first-order valence-electron chi connectivity index (χ1n) is 6.53. The van der Waals surface area contributed by atoms with Gasteiger partial charge in [0.15, 0.2) is 0 Å². The summed E-state index contributed by atoms with van der Waals surface area (Å²) in [5, 5.41) is 14.1. The van der Waals surface area contributed by atoms with Crippen molar-refractivity contribution in [3.63, 3.8) is 0 Å². The van der Waals surface area contributed by atoms with Crippen LogP contribution in [0.3, 0.4) is 0 Å². The Hall–Kier alpha value is -2.36. The van der Waals surface area contributed by atoms with Gasteiger partial charge in [-0.1, -0.05) is 24.3 Å². The molecule has 0 aromatic heterocycles. The number of benzene rings is 2. The van der Waals surface area contributed by atoms with Crippen molar-refractivity contribution in [2.24, 2.45) is 0 Å². The highest BCUT2D eigenvalue weighted by Gasteiger charge is 2.12. The summed E-state index contributed by atoms with van der Waals surface area (Å²) in [4.78, 5) is 10.6. The number of hydrogen-bond donors (Lipinski definition) is 1. The molecule has 2 rings (SSSR count). The molecule has 0 bridgehead atoms. The second-order valence-corrected chi connectivity index (χ2v) is 4.99. The number of anilines is 1. The van der Waals surface area contributed by atoms with E-state index in [2.05, 4.69) is 38.2 Å². The number of nitrogens with zero attached hydrogens (tertiary/aromatic N) is 1. The summed E-state index contributed by atoms with van der Waals surface area (Å²) in [6.45, 7) is 6.80. The Balaban J connectivity index is 2.21. The molecule has 0 saturated heterocycles. The van der Waals surface area contributed by atoms with Crippen LogP contribution in [0.5, 0.6) is 0 Å². The summed E-state index contributed by atoms with van der Waals surface area (Å²) in [5.41, 5.74) is 5.50. The maximum absolute atomic E-state index is 11.0. The largest absolute Gasteiger partial charge is 0.375 e. The first kappa shape index (κ1) is 14.1. The van der Waals surface area contributed by atoms with Crippen molar-refractivity contribution >= 4 is 11.4 Å². The topological polar surface area (TPSA) is 55.2 Å². The van der Waals surface area contributed by atoms with E-state index >= 15 is 0 Å². The first-order valence-corrected chi connectivity index (χ1v) is 6.53. The van der Waals surface area contributed by atoms with Crippen molar-refractivity contribution < 1.29 is 4.92 Å². The van der Waals surface area contributed by atoms with Gasteiger partial charge in [0.1, 0.15) is 5.69 Å². The van der Waals surface area contributed by atoms with E-state index < -0.39 is 0 Å². The van der Waals surface area contributed by atoms with Crippen molar-refractivity contribution in [3.05, 3.63) is 68.8 Å². The van der Waals surface area contributed by atoms with Gasteiger partial charge in [0.2, 0.25) is 0 Å². The molecule has 4 nitrogen and oxygen atoms in total. The van der Waals surface area contributed by atoms with Gasteiger partial charge < -0.3 is 5.32 Å². The van der Waals surface area contributed by atoms with E-state index in [0.717, 1.165) is 5.56 Å². The maximum Gasteiger partial charge on any atom is 0.292 e. The van der Waals surface area contributed by atoms with Gasteiger partial charge in [0.05, 0.1) is 4.92 Å². The van der Waals surface area contributed by atoms with E-state index in [4.69, 9.17) is 0 Å². The maximum atomic E-state index is 11.0. The fourth-order valence-corrected chi connectivity index (χ4v) is 2.18. The standard InChI is InChI=1S/C16H18N2O2/c1-11-8-13(3)14(9-12(11)2)10-17-15-6-4-5-7-16(15)18(19)20/h4-9,17H,10H2,1-3H3. The molecule has 0 atom stereocenters. The zero-order valence-corrected chi connectivity index (χ0v) is 11.9. The van der Waals surface area contributed by atoms with Crippen molar-refractivity contribution in [1.29, 1.82) is 0 Å². The van der Waals surface area contributed by atoms with Crippen molar-refractivity contribution in [1.82, 2.24) is 0 Å². The molecule has 0 aliphatic rings. The van der Waals surface area contributed by atoms with Crippen molar-refractivity contribution in [2.75, 3.05) is 5.32 Å². The SMILES string of the molecule is Cc1cc(C)c(CNc2ccccc2[N+](=O)[O-])cc1C.